The van der Waals surface area contributed by atoms with E-state index < -0.39 is 10.0 Å². The SMILES string of the molecule is O=C(Nc1ccc(S(=O)(=O)N2CCCCC2)cc1)C1CCCN(C(=O)c2cccs2)C1. The first kappa shape index (κ1) is 22.0. The number of anilines is 1. The molecule has 0 spiro atoms. The van der Waals surface area contributed by atoms with Gasteiger partial charge < -0.3 is 10.2 Å². The summed E-state index contributed by atoms with van der Waals surface area (Å²) in [5.74, 6) is -0.454. The van der Waals surface area contributed by atoms with E-state index in [0.29, 0.717) is 36.7 Å². The number of benzene rings is 1. The van der Waals surface area contributed by atoms with Crippen LogP contribution in [0.2, 0.25) is 0 Å². The summed E-state index contributed by atoms with van der Waals surface area (Å²) in [5, 5.41) is 4.75. The van der Waals surface area contributed by atoms with Crippen LogP contribution < -0.4 is 5.32 Å². The number of hydrogen-bond donors (Lipinski definition) is 1. The van der Waals surface area contributed by atoms with Crippen molar-refractivity contribution < 1.29 is 18.0 Å². The molecule has 2 fully saturated rings. The van der Waals surface area contributed by atoms with Crippen molar-refractivity contribution in [2.45, 2.75) is 37.0 Å². The van der Waals surface area contributed by atoms with E-state index in [4.69, 9.17) is 0 Å². The lowest BCUT2D eigenvalue weighted by atomic mass is 9.97. The highest BCUT2D eigenvalue weighted by Gasteiger charge is 2.30. The van der Waals surface area contributed by atoms with E-state index in [2.05, 4.69) is 5.32 Å². The number of hydrogen-bond acceptors (Lipinski definition) is 5. The molecule has 0 radical (unpaired) electrons. The summed E-state index contributed by atoms with van der Waals surface area (Å²) in [5.41, 5.74) is 0.560. The molecule has 31 heavy (non-hydrogen) atoms. The number of carbonyl (C=O) groups is 2. The quantitative estimate of drug-likeness (QED) is 0.739. The number of amides is 2. The molecule has 0 aliphatic carbocycles. The number of thiophene rings is 1. The Hall–Kier alpha value is -2.23. The number of rotatable bonds is 5. The smallest absolute Gasteiger partial charge is 0.263 e. The predicted octanol–water partition coefficient (Wildman–Crippen LogP) is 3.41. The molecule has 1 aromatic heterocycles. The van der Waals surface area contributed by atoms with Crippen LogP contribution in [0, 0.1) is 5.92 Å². The second kappa shape index (κ2) is 9.50. The molecule has 2 aliphatic rings. The van der Waals surface area contributed by atoms with Crippen molar-refractivity contribution in [2.75, 3.05) is 31.5 Å². The molecule has 2 saturated heterocycles. The third kappa shape index (κ3) is 4.99. The van der Waals surface area contributed by atoms with E-state index in [9.17, 15) is 18.0 Å². The van der Waals surface area contributed by atoms with Crippen LogP contribution in [0.25, 0.3) is 0 Å². The van der Waals surface area contributed by atoms with Gasteiger partial charge in [-0.3, -0.25) is 9.59 Å². The summed E-state index contributed by atoms with van der Waals surface area (Å²) < 4.78 is 27.1. The maximum absolute atomic E-state index is 12.8. The first-order valence-electron chi connectivity index (χ1n) is 10.7. The molecular weight excluding hydrogens is 434 g/mol. The number of nitrogens with zero attached hydrogens (tertiary/aromatic N) is 2. The highest BCUT2D eigenvalue weighted by atomic mass is 32.2. The molecule has 4 rings (SSSR count). The number of nitrogens with one attached hydrogen (secondary N) is 1. The van der Waals surface area contributed by atoms with Crippen LogP contribution in [0.5, 0.6) is 0 Å². The van der Waals surface area contributed by atoms with Crippen molar-refractivity contribution in [2.24, 2.45) is 5.92 Å². The summed E-state index contributed by atoms with van der Waals surface area (Å²) in [6.07, 6.45) is 4.35. The van der Waals surface area contributed by atoms with Gasteiger partial charge in [0.2, 0.25) is 15.9 Å². The Balaban J connectivity index is 1.37. The Bertz CT molecular complexity index is 1010. The molecule has 1 atom stereocenters. The molecule has 0 bridgehead atoms. The lowest BCUT2D eigenvalue weighted by molar-refractivity contribution is -0.121. The Morgan fingerprint density at radius 2 is 1.71 bits per heavy atom. The van der Waals surface area contributed by atoms with Gasteiger partial charge in [0.05, 0.1) is 15.7 Å². The predicted molar refractivity (Wildman–Crippen MR) is 121 cm³/mol. The van der Waals surface area contributed by atoms with Crippen LogP contribution in [0.4, 0.5) is 5.69 Å². The van der Waals surface area contributed by atoms with Gasteiger partial charge in [-0.25, -0.2) is 8.42 Å². The maximum atomic E-state index is 12.8. The average molecular weight is 462 g/mol. The van der Waals surface area contributed by atoms with Gasteiger partial charge in [0, 0.05) is 31.9 Å². The molecule has 2 aromatic rings. The summed E-state index contributed by atoms with van der Waals surface area (Å²) in [7, 11) is -3.49. The maximum Gasteiger partial charge on any atom is 0.263 e. The fourth-order valence-corrected chi connectivity index (χ4v) is 6.35. The van der Waals surface area contributed by atoms with E-state index in [-0.39, 0.29) is 22.6 Å². The molecule has 166 valence electrons. The molecule has 7 nitrogen and oxygen atoms in total. The van der Waals surface area contributed by atoms with Crippen LogP contribution in [0.1, 0.15) is 41.8 Å². The summed E-state index contributed by atoms with van der Waals surface area (Å²) in [6, 6.07) is 10.0. The Kier molecular flexibility index (Phi) is 6.74. The van der Waals surface area contributed by atoms with Crippen molar-refractivity contribution >= 4 is 38.9 Å². The minimum Gasteiger partial charge on any atom is -0.337 e. The van der Waals surface area contributed by atoms with Crippen LogP contribution in [-0.2, 0) is 14.8 Å². The van der Waals surface area contributed by atoms with Gasteiger partial charge in [-0.1, -0.05) is 12.5 Å². The van der Waals surface area contributed by atoms with Gasteiger partial charge in [0.1, 0.15) is 0 Å². The molecule has 1 aromatic carbocycles. The fraction of sp³-hybridized carbons (Fsp3) is 0.455. The van der Waals surface area contributed by atoms with Crippen LogP contribution in [-0.4, -0.2) is 55.6 Å². The van der Waals surface area contributed by atoms with E-state index in [1.54, 1.807) is 35.2 Å². The third-order valence-corrected chi connectivity index (χ3v) is 8.66. The Labute approximate surface area is 187 Å². The summed E-state index contributed by atoms with van der Waals surface area (Å²) in [6.45, 7) is 2.17. The zero-order chi connectivity index (χ0) is 21.8. The van der Waals surface area contributed by atoms with Gasteiger partial charge >= 0.3 is 0 Å². The molecule has 0 saturated carbocycles. The van der Waals surface area contributed by atoms with Crippen molar-refractivity contribution in [3.05, 3.63) is 46.7 Å². The first-order chi connectivity index (χ1) is 14.9. The summed E-state index contributed by atoms with van der Waals surface area (Å²) >= 11 is 1.41. The standard InChI is InChI=1S/C22H27N3O4S2/c26-21(17-6-4-12-24(16-17)22(27)20-7-5-15-30-20)23-18-8-10-19(11-9-18)31(28,29)25-13-2-1-3-14-25/h5,7-11,15,17H,1-4,6,12-14,16H2,(H,23,26). The van der Waals surface area contributed by atoms with Crippen LogP contribution in [0.3, 0.4) is 0 Å². The van der Waals surface area contributed by atoms with E-state index in [1.807, 2.05) is 11.4 Å². The molecule has 1 N–H and O–H groups in total. The van der Waals surface area contributed by atoms with E-state index >= 15 is 0 Å². The fourth-order valence-electron chi connectivity index (χ4n) is 4.14. The lowest BCUT2D eigenvalue weighted by Crippen LogP contribution is -2.43. The number of carbonyl (C=O) groups excluding carboxylic acids is 2. The molecule has 9 heteroatoms. The topological polar surface area (TPSA) is 86.8 Å². The van der Waals surface area contributed by atoms with Gasteiger partial charge in [-0.15, -0.1) is 11.3 Å². The average Bonchev–Trinajstić information content (AvgIpc) is 3.34. The second-order valence-corrected chi connectivity index (χ2v) is 10.9. The largest absolute Gasteiger partial charge is 0.337 e. The second-order valence-electron chi connectivity index (χ2n) is 8.05. The highest BCUT2D eigenvalue weighted by Crippen LogP contribution is 2.24. The monoisotopic (exact) mass is 461 g/mol. The molecule has 2 aliphatic heterocycles. The normalized spacial score (nSPS) is 20.4. The van der Waals surface area contributed by atoms with E-state index in [1.165, 1.54) is 15.6 Å². The number of piperidine rings is 2. The minimum absolute atomic E-state index is 0.0280. The van der Waals surface area contributed by atoms with Crippen molar-refractivity contribution in [1.82, 2.24) is 9.21 Å². The van der Waals surface area contributed by atoms with Crippen LogP contribution >= 0.6 is 11.3 Å². The Morgan fingerprint density at radius 1 is 0.968 bits per heavy atom. The number of sulfonamides is 1. The molecule has 3 heterocycles. The van der Waals surface area contributed by atoms with Crippen molar-refractivity contribution in [1.29, 1.82) is 0 Å². The minimum atomic E-state index is -3.49. The molecular formula is C22H27N3O4S2. The first-order valence-corrected chi connectivity index (χ1v) is 13.0. The molecule has 1 unspecified atom stereocenters. The highest BCUT2D eigenvalue weighted by molar-refractivity contribution is 7.89. The van der Waals surface area contributed by atoms with Crippen molar-refractivity contribution in [3.8, 4) is 0 Å². The lowest BCUT2D eigenvalue weighted by Gasteiger charge is -2.31. The van der Waals surface area contributed by atoms with Crippen molar-refractivity contribution in [3.63, 3.8) is 0 Å². The number of likely N-dealkylation sites (tertiary alicyclic amines) is 1. The van der Waals surface area contributed by atoms with E-state index in [0.717, 1.165) is 32.1 Å². The molecule has 2 amide bonds. The van der Waals surface area contributed by atoms with Gasteiger partial charge in [-0.05, 0) is 61.4 Å². The zero-order valence-electron chi connectivity index (χ0n) is 17.3. The Morgan fingerprint density at radius 3 is 2.39 bits per heavy atom. The summed E-state index contributed by atoms with van der Waals surface area (Å²) in [4.78, 5) is 28.0. The van der Waals surface area contributed by atoms with Gasteiger partial charge in [-0.2, -0.15) is 4.31 Å². The zero-order valence-corrected chi connectivity index (χ0v) is 19.0. The van der Waals surface area contributed by atoms with Gasteiger partial charge in [0.15, 0.2) is 0 Å². The third-order valence-electron chi connectivity index (χ3n) is 5.89. The van der Waals surface area contributed by atoms with Gasteiger partial charge in [0.25, 0.3) is 5.91 Å². The van der Waals surface area contributed by atoms with Crippen LogP contribution in [0.15, 0.2) is 46.7 Å².